The molecule has 0 bridgehead atoms. The zero-order valence-electron chi connectivity index (χ0n) is 15.1. The molecule has 3 aromatic rings. The Balaban J connectivity index is 1.45. The molecule has 3 spiro atoms. The van der Waals surface area contributed by atoms with E-state index in [1.807, 2.05) is 36.4 Å². The fourth-order valence-electron chi connectivity index (χ4n) is 3.33. The lowest BCUT2D eigenvalue weighted by atomic mass is 10.3. The van der Waals surface area contributed by atoms with Gasteiger partial charge in [0.25, 0.3) is 0 Å². The highest BCUT2D eigenvalue weighted by Crippen LogP contribution is 2.83. The molecule has 0 atom stereocenters. The fourth-order valence-corrected chi connectivity index (χ4v) is 12.5. The summed E-state index contributed by atoms with van der Waals surface area (Å²) in [5.74, 6) is 3.28. The van der Waals surface area contributed by atoms with Crippen molar-refractivity contribution in [2.24, 2.45) is 13.5 Å². The van der Waals surface area contributed by atoms with Crippen LogP contribution in [0.25, 0.3) is 0 Å². The Morgan fingerprint density at radius 1 is 0.367 bits per heavy atom. The van der Waals surface area contributed by atoms with Gasteiger partial charge in [0, 0.05) is 0 Å². The second-order valence-electron chi connectivity index (χ2n) is 6.63. The zero-order valence-corrected chi connectivity index (χ0v) is 17.7. The topological polar surface area (TPSA) is 92.5 Å². The highest BCUT2D eigenvalue weighted by atomic mass is 31.3. The number of para-hydroxylation sites is 6. The standard InChI is InChI=1S/C18H12N3O6P3/c1-2-8-14-13(7-1)22-28(23-14)19-29(24-15-9-3-4-10-16(15)25-29)21-30(20-28)26-17-11-5-6-12-18(17)27-30/h1-12H. The summed E-state index contributed by atoms with van der Waals surface area (Å²) >= 11 is 0. The van der Waals surface area contributed by atoms with Crippen molar-refractivity contribution in [3.63, 3.8) is 0 Å². The first kappa shape index (κ1) is 16.9. The fraction of sp³-hybridized carbons (Fsp3) is 0. The second-order valence-corrected chi connectivity index (χ2v) is 12.8. The lowest BCUT2D eigenvalue weighted by Crippen LogP contribution is -2.02. The van der Waals surface area contributed by atoms with Crippen LogP contribution in [0.4, 0.5) is 0 Å². The molecule has 150 valence electrons. The summed E-state index contributed by atoms with van der Waals surface area (Å²) in [5, 5.41) is 0. The van der Waals surface area contributed by atoms with Gasteiger partial charge in [-0.15, -0.1) is 0 Å². The first-order valence-electron chi connectivity index (χ1n) is 9.00. The molecule has 4 aliphatic heterocycles. The minimum Gasteiger partial charge on any atom is -0.409 e. The number of benzene rings is 3. The molecule has 3 aromatic carbocycles. The zero-order chi connectivity index (χ0) is 19.8. The molecule has 0 fully saturated rings. The first-order valence-corrected chi connectivity index (χ1v) is 13.6. The molecule has 0 radical (unpaired) electrons. The summed E-state index contributed by atoms with van der Waals surface area (Å²) in [6.45, 7) is 0. The molecule has 0 amide bonds. The van der Waals surface area contributed by atoms with Crippen molar-refractivity contribution in [2.75, 3.05) is 0 Å². The largest absolute Gasteiger partial charge is 0.461 e. The van der Waals surface area contributed by atoms with Gasteiger partial charge in [-0.2, -0.15) is 0 Å². The number of fused-ring (bicyclic) bond motifs is 3. The Morgan fingerprint density at radius 2 is 0.567 bits per heavy atom. The average molecular weight is 459 g/mol. The third-order valence-corrected chi connectivity index (χ3v) is 12.6. The number of hydrogen-bond donors (Lipinski definition) is 0. The predicted molar refractivity (Wildman–Crippen MR) is 111 cm³/mol. The molecule has 0 unspecified atom stereocenters. The molecule has 0 N–H and O–H groups in total. The van der Waals surface area contributed by atoms with Gasteiger partial charge in [-0.25, -0.2) is 0 Å². The summed E-state index contributed by atoms with van der Waals surface area (Å²) in [7, 11) is -9.76. The van der Waals surface area contributed by atoms with Crippen LogP contribution < -0.4 is 27.1 Å². The van der Waals surface area contributed by atoms with Crippen LogP contribution in [-0.4, -0.2) is 0 Å². The molecule has 0 saturated carbocycles. The van der Waals surface area contributed by atoms with Crippen molar-refractivity contribution < 1.29 is 27.1 Å². The van der Waals surface area contributed by atoms with Crippen molar-refractivity contribution in [3.05, 3.63) is 72.8 Å². The third-order valence-electron chi connectivity index (χ3n) is 4.53. The Hall–Kier alpha value is -2.85. The van der Waals surface area contributed by atoms with E-state index in [1.165, 1.54) is 0 Å². The van der Waals surface area contributed by atoms with E-state index in [-0.39, 0.29) is 0 Å². The second kappa shape index (κ2) is 5.64. The SMILES string of the molecule is c1ccc2c(c1)OP1(=NP3(=NP4(=N1)Oc1ccccc1O4)Oc1ccccc1O3)O2. The lowest BCUT2D eigenvalue weighted by molar-refractivity contribution is 0.519. The van der Waals surface area contributed by atoms with E-state index < -0.39 is 23.0 Å². The van der Waals surface area contributed by atoms with Gasteiger partial charge in [0.15, 0.2) is 34.5 Å². The van der Waals surface area contributed by atoms with Crippen molar-refractivity contribution in [1.82, 2.24) is 0 Å². The third kappa shape index (κ3) is 2.40. The summed E-state index contributed by atoms with van der Waals surface area (Å²) in [6, 6.07) is 21.9. The van der Waals surface area contributed by atoms with Gasteiger partial charge in [0.1, 0.15) is 0 Å². The van der Waals surface area contributed by atoms with Crippen molar-refractivity contribution in [3.8, 4) is 34.5 Å². The number of nitrogens with zero attached hydrogens (tertiary/aromatic N) is 3. The summed E-state index contributed by atoms with van der Waals surface area (Å²) < 4.78 is 51.0. The molecule has 4 aliphatic rings. The van der Waals surface area contributed by atoms with Crippen LogP contribution in [0.1, 0.15) is 0 Å². The van der Waals surface area contributed by atoms with Gasteiger partial charge in [-0.05, 0) is 36.4 Å². The Labute approximate surface area is 171 Å². The smallest absolute Gasteiger partial charge is 0.409 e. The Bertz CT molecular complexity index is 1150. The van der Waals surface area contributed by atoms with Crippen LogP contribution in [0.2, 0.25) is 0 Å². The van der Waals surface area contributed by atoms with E-state index in [2.05, 4.69) is 0 Å². The van der Waals surface area contributed by atoms with Gasteiger partial charge in [0.2, 0.25) is 0 Å². The van der Waals surface area contributed by atoms with Crippen LogP contribution in [-0.2, 0) is 0 Å². The van der Waals surface area contributed by atoms with Gasteiger partial charge in [-0.3, -0.25) is 0 Å². The van der Waals surface area contributed by atoms with Crippen LogP contribution in [0.5, 0.6) is 34.5 Å². The maximum atomic E-state index is 6.14. The van der Waals surface area contributed by atoms with Crippen LogP contribution in [0.3, 0.4) is 0 Å². The van der Waals surface area contributed by atoms with Gasteiger partial charge >= 0.3 is 23.0 Å². The normalized spacial score (nSPS) is 21.2. The maximum Gasteiger partial charge on any atom is 0.461 e. The Morgan fingerprint density at radius 3 is 0.767 bits per heavy atom. The first-order chi connectivity index (χ1) is 14.6. The monoisotopic (exact) mass is 459 g/mol. The summed E-state index contributed by atoms with van der Waals surface area (Å²) in [4.78, 5) is 0. The van der Waals surface area contributed by atoms with E-state index in [0.29, 0.717) is 34.5 Å². The molecular formula is C18H12N3O6P3. The van der Waals surface area contributed by atoms with E-state index in [0.717, 1.165) is 0 Å². The quantitative estimate of drug-likeness (QED) is 0.329. The maximum absolute atomic E-state index is 6.14. The molecular weight excluding hydrogens is 447 g/mol. The Kier molecular flexibility index (Phi) is 3.18. The van der Waals surface area contributed by atoms with E-state index in [1.54, 1.807) is 36.4 Å². The molecule has 0 saturated heterocycles. The average Bonchev–Trinajstić information content (AvgIpc) is 3.36. The molecule has 9 nitrogen and oxygen atoms in total. The molecule has 7 rings (SSSR count). The summed E-state index contributed by atoms with van der Waals surface area (Å²) in [6.07, 6.45) is 0. The predicted octanol–water partition coefficient (Wildman–Crippen LogP) is 7.25. The lowest BCUT2D eigenvalue weighted by Gasteiger charge is -2.24. The van der Waals surface area contributed by atoms with Crippen molar-refractivity contribution >= 4 is 23.0 Å². The van der Waals surface area contributed by atoms with Crippen LogP contribution in [0.15, 0.2) is 86.3 Å². The molecule has 30 heavy (non-hydrogen) atoms. The highest BCUT2D eigenvalue weighted by Gasteiger charge is 2.54. The van der Waals surface area contributed by atoms with Crippen LogP contribution in [0, 0.1) is 0 Å². The molecule has 0 aliphatic carbocycles. The highest BCUT2D eigenvalue weighted by molar-refractivity contribution is 7.79. The minimum atomic E-state index is -3.25. The minimum absolute atomic E-state index is 0.546. The molecule has 4 heterocycles. The number of hydrogen-bond acceptors (Lipinski definition) is 9. The van der Waals surface area contributed by atoms with E-state index >= 15 is 0 Å². The van der Waals surface area contributed by atoms with Crippen molar-refractivity contribution in [2.45, 2.75) is 0 Å². The van der Waals surface area contributed by atoms with Gasteiger partial charge in [0.05, 0.1) is 0 Å². The van der Waals surface area contributed by atoms with E-state index in [4.69, 9.17) is 40.7 Å². The van der Waals surface area contributed by atoms with Gasteiger partial charge in [-0.1, -0.05) is 49.9 Å². The molecule has 0 aromatic heterocycles. The van der Waals surface area contributed by atoms with Gasteiger partial charge < -0.3 is 27.1 Å². The molecule has 12 heteroatoms. The summed E-state index contributed by atoms with van der Waals surface area (Å²) in [5.41, 5.74) is 0. The van der Waals surface area contributed by atoms with E-state index in [9.17, 15) is 0 Å². The number of rotatable bonds is 0. The van der Waals surface area contributed by atoms with Crippen molar-refractivity contribution in [1.29, 1.82) is 0 Å². The van der Waals surface area contributed by atoms with Crippen LogP contribution >= 0.6 is 23.0 Å².